The Kier molecular flexibility index (Phi) is 1.49. The molecule has 2 heterocycles. The van der Waals surface area contributed by atoms with Crippen molar-refractivity contribution in [2.24, 2.45) is 0 Å². The summed E-state index contributed by atoms with van der Waals surface area (Å²) in [5.74, 6) is 0. The van der Waals surface area contributed by atoms with Gasteiger partial charge in [-0.2, -0.15) is 0 Å². The number of rotatable bonds is 0. The van der Waals surface area contributed by atoms with Gasteiger partial charge in [0.15, 0.2) is 0 Å². The van der Waals surface area contributed by atoms with E-state index in [4.69, 9.17) is 0 Å². The molecule has 0 bridgehead atoms. The highest BCUT2D eigenvalue weighted by Gasteiger charge is 2.68. The van der Waals surface area contributed by atoms with Gasteiger partial charge in [-0.05, 0) is 25.0 Å². The molecule has 1 aliphatic carbocycles. The Morgan fingerprint density at radius 3 is 2.88 bits per heavy atom. The van der Waals surface area contributed by atoms with Crippen molar-refractivity contribution in [3.63, 3.8) is 0 Å². The minimum Gasteiger partial charge on any atom is -0.361 e. The first kappa shape index (κ1) is 9.52. The molecule has 4 rings (SSSR count). The smallest absolute Gasteiger partial charge is 0.0482 e. The van der Waals surface area contributed by atoms with Gasteiger partial charge >= 0.3 is 0 Å². The summed E-state index contributed by atoms with van der Waals surface area (Å²) in [4.78, 5) is 2.59. The number of fused-ring (bicyclic) bond motifs is 6. The standard InChI is InChI=1S/C16H17N/c1-15-11-16(15,2)17-10-6-5-9-14(17)12-7-3-4-8-13(12)15/h3-9H,10-11H2,1-2H3. The molecule has 2 aliphatic heterocycles. The van der Waals surface area contributed by atoms with Gasteiger partial charge in [-0.15, -0.1) is 0 Å². The van der Waals surface area contributed by atoms with E-state index in [9.17, 15) is 0 Å². The number of hydrogen-bond acceptors (Lipinski definition) is 1. The first-order valence-electron chi connectivity index (χ1n) is 6.41. The van der Waals surface area contributed by atoms with Crippen molar-refractivity contribution in [2.45, 2.75) is 31.2 Å². The van der Waals surface area contributed by atoms with Crippen LogP contribution in [-0.2, 0) is 5.41 Å². The van der Waals surface area contributed by atoms with Crippen LogP contribution in [0.3, 0.4) is 0 Å². The Morgan fingerprint density at radius 2 is 2.00 bits per heavy atom. The summed E-state index contributed by atoms with van der Waals surface area (Å²) in [5, 5.41) is 0. The average Bonchev–Trinajstić information content (AvgIpc) is 2.96. The highest BCUT2D eigenvalue weighted by molar-refractivity contribution is 5.76. The molecular formula is C16H17N. The Balaban J connectivity index is 2.03. The lowest BCUT2D eigenvalue weighted by molar-refractivity contribution is 0.274. The predicted molar refractivity (Wildman–Crippen MR) is 70.6 cm³/mol. The first-order valence-corrected chi connectivity index (χ1v) is 6.41. The summed E-state index contributed by atoms with van der Waals surface area (Å²) in [6.07, 6.45) is 8.01. The van der Waals surface area contributed by atoms with E-state index < -0.39 is 0 Å². The van der Waals surface area contributed by atoms with E-state index in [2.05, 4.69) is 61.2 Å². The maximum absolute atomic E-state index is 2.59. The van der Waals surface area contributed by atoms with Gasteiger partial charge < -0.3 is 4.90 Å². The molecule has 3 aliphatic rings. The highest BCUT2D eigenvalue weighted by Crippen LogP contribution is 2.66. The molecule has 2 atom stereocenters. The molecular weight excluding hydrogens is 206 g/mol. The van der Waals surface area contributed by atoms with Crippen molar-refractivity contribution >= 4 is 5.70 Å². The number of benzene rings is 1. The zero-order valence-electron chi connectivity index (χ0n) is 10.4. The van der Waals surface area contributed by atoms with Gasteiger partial charge in [0.1, 0.15) is 0 Å². The van der Waals surface area contributed by atoms with Crippen LogP contribution in [0.1, 0.15) is 31.4 Å². The van der Waals surface area contributed by atoms with Gasteiger partial charge in [-0.25, -0.2) is 0 Å². The van der Waals surface area contributed by atoms with Gasteiger partial charge in [-0.3, -0.25) is 0 Å². The molecule has 0 radical (unpaired) electrons. The molecule has 1 fully saturated rings. The molecule has 1 saturated carbocycles. The van der Waals surface area contributed by atoms with Crippen LogP contribution in [0.25, 0.3) is 5.70 Å². The van der Waals surface area contributed by atoms with Crippen LogP contribution in [0.5, 0.6) is 0 Å². The van der Waals surface area contributed by atoms with E-state index in [1.54, 1.807) is 5.56 Å². The Morgan fingerprint density at radius 1 is 1.18 bits per heavy atom. The molecule has 1 aromatic rings. The second-order valence-corrected chi connectivity index (χ2v) is 5.92. The lowest BCUT2D eigenvalue weighted by Gasteiger charge is -2.43. The zero-order chi connectivity index (χ0) is 11.7. The van der Waals surface area contributed by atoms with Gasteiger partial charge in [0.2, 0.25) is 0 Å². The largest absolute Gasteiger partial charge is 0.361 e. The van der Waals surface area contributed by atoms with E-state index in [1.807, 2.05) is 0 Å². The maximum Gasteiger partial charge on any atom is 0.0482 e. The van der Waals surface area contributed by atoms with Gasteiger partial charge in [0, 0.05) is 28.8 Å². The van der Waals surface area contributed by atoms with Crippen molar-refractivity contribution in [3.8, 4) is 0 Å². The second-order valence-electron chi connectivity index (χ2n) is 5.92. The SMILES string of the molecule is CC12CC1(C)N1CC=CC=C1c1ccccc12. The number of nitrogens with zero attached hydrogens (tertiary/aromatic N) is 1. The van der Waals surface area contributed by atoms with Gasteiger partial charge in [0.05, 0.1) is 0 Å². The fourth-order valence-electron chi connectivity index (χ4n) is 3.83. The van der Waals surface area contributed by atoms with Crippen molar-refractivity contribution in [3.05, 3.63) is 53.6 Å². The van der Waals surface area contributed by atoms with E-state index in [0.29, 0.717) is 11.0 Å². The van der Waals surface area contributed by atoms with Gasteiger partial charge in [0.25, 0.3) is 0 Å². The highest BCUT2D eigenvalue weighted by atomic mass is 15.3. The average molecular weight is 223 g/mol. The summed E-state index contributed by atoms with van der Waals surface area (Å²) in [6.45, 7) is 5.89. The van der Waals surface area contributed by atoms with Crippen LogP contribution < -0.4 is 0 Å². The molecule has 0 saturated heterocycles. The maximum atomic E-state index is 2.59. The number of hydrogen-bond donors (Lipinski definition) is 0. The predicted octanol–water partition coefficient (Wildman–Crippen LogP) is 3.33. The Hall–Kier alpha value is -1.50. The lowest BCUT2D eigenvalue weighted by Crippen LogP contribution is -2.43. The van der Waals surface area contributed by atoms with Crippen LogP contribution in [0.15, 0.2) is 42.5 Å². The zero-order valence-corrected chi connectivity index (χ0v) is 10.4. The van der Waals surface area contributed by atoms with E-state index in [1.165, 1.54) is 17.7 Å². The molecule has 0 amide bonds. The second kappa shape index (κ2) is 2.66. The first-order chi connectivity index (χ1) is 8.17. The Labute approximate surface area is 102 Å². The minimum atomic E-state index is 0.331. The van der Waals surface area contributed by atoms with E-state index in [0.717, 1.165) is 6.54 Å². The number of allylic oxidation sites excluding steroid dienone is 2. The molecule has 86 valence electrons. The molecule has 0 N–H and O–H groups in total. The van der Waals surface area contributed by atoms with Crippen molar-refractivity contribution in [1.29, 1.82) is 0 Å². The Bertz CT molecular complexity index is 569. The lowest BCUT2D eigenvalue weighted by atomic mass is 9.82. The van der Waals surface area contributed by atoms with Crippen LogP contribution >= 0.6 is 0 Å². The monoisotopic (exact) mass is 223 g/mol. The normalized spacial score (nSPS) is 36.8. The molecule has 1 heteroatoms. The van der Waals surface area contributed by atoms with Crippen molar-refractivity contribution in [1.82, 2.24) is 4.90 Å². The fraction of sp³-hybridized carbons (Fsp3) is 0.375. The summed E-state index contributed by atoms with van der Waals surface area (Å²) in [5.41, 5.74) is 5.08. The third-order valence-electron chi connectivity index (χ3n) is 5.12. The molecule has 0 aromatic heterocycles. The van der Waals surface area contributed by atoms with Crippen LogP contribution in [0.4, 0.5) is 0 Å². The molecule has 1 nitrogen and oxygen atoms in total. The summed E-state index contributed by atoms with van der Waals surface area (Å²) in [7, 11) is 0. The van der Waals surface area contributed by atoms with E-state index in [-0.39, 0.29) is 0 Å². The topological polar surface area (TPSA) is 3.24 Å². The minimum absolute atomic E-state index is 0.331. The summed E-state index contributed by atoms with van der Waals surface area (Å²) in [6, 6.07) is 8.93. The molecule has 2 unspecified atom stereocenters. The molecule has 17 heavy (non-hydrogen) atoms. The summed E-state index contributed by atoms with van der Waals surface area (Å²) >= 11 is 0. The van der Waals surface area contributed by atoms with Crippen LogP contribution in [0, 0.1) is 0 Å². The molecule has 1 aromatic carbocycles. The van der Waals surface area contributed by atoms with Crippen molar-refractivity contribution < 1.29 is 0 Å². The van der Waals surface area contributed by atoms with Gasteiger partial charge in [-0.1, -0.05) is 43.3 Å². The molecule has 0 spiro atoms. The van der Waals surface area contributed by atoms with Crippen molar-refractivity contribution in [2.75, 3.05) is 6.54 Å². The van der Waals surface area contributed by atoms with E-state index >= 15 is 0 Å². The fourth-order valence-corrected chi connectivity index (χ4v) is 3.83. The third-order valence-corrected chi connectivity index (χ3v) is 5.12. The van der Waals surface area contributed by atoms with Crippen LogP contribution in [0.2, 0.25) is 0 Å². The third kappa shape index (κ3) is 0.925. The summed E-state index contributed by atoms with van der Waals surface area (Å²) < 4.78 is 0. The van der Waals surface area contributed by atoms with Crippen LogP contribution in [-0.4, -0.2) is 17.0 Å². The quantitative estimate of drug-likeness (QED) is 0.652.